The quantitative estimate of drug-likeness (QED) is 0.708. The highest BCUT2D eigenvalue weighted by Gasteiger charge is 2.43. The lowest BCUT2D eigenvalue weighted by Crippen LogP contribution is -2.21. The average molecular weight is 359 g/mol. The van der Waals surface area contributed by atoms with E-state index in [2.05, 4.69) is 65.2 Å². The molecule has 1 saturated heterocycles. The molecular weight excluding hydrogens is 334 g/mol. The smallest absolute Gasteiger partial charge is 0.119 e. The number of hydrogen-bond donors (Lipinski definition) is 0. The third-order valence-corrected chi connectivity index (χ3v) is 6.14. The van der Waals surface area contributed by atoms with Gasteiger partial charge in [-0.05, 0) is 30.0 Å². The van der Waals surface area contributed by atoms with Gasteiger partial charge in [0.15, 0.2) is 0 Å². The molecule has 1 aliphatic carbocycles. The number of aryl methyl sites for hydroxylation is 1. The summed E-state index contributed by atoms with van der Waals surface area (Å²) >= 11 is 0. The standard InChI is InChI=1S/C23H25N3O/c1-25-21-12-18-14-26(13-16-7-4-3-5-8-16)15-20(18)22(21)23(24-25)17-9-6-10-19(11-17)27-2/h3-11,18,20H,12-15H2,1-2H3/t18-,20+/m0/s1. The molecule has 4 heteroatoms. The Morgan fingerprint density at radius 3 is 2.74 bits per heavy atom. The van der Waals surface area contributed by atoms with Crippen molar-refractivity contribution in [1.29, 1.82) is 0 Å². The second kappa shape index (κ2) is 6.54. The normalized spacial score (nSPS) is 21.3. The molecular formula is C23H25N3O. The Morgan fingerprint density at radius 1 is 1.07 bits per heavy atom. The van der Waals surface area contributed by atoms with Crippen LogP contribution in [0.3, 0.4) is 0 Å². The van der Waals surface area contributed by atoms with Gasteiger partial charge in [-0.1, -0.05) is 42.5 Å². The molecule has 5 rings (SSSR count). The number of benzene rings is 2. The molecule has 138 valence electrons. The van der Waals surface area contributed by atoms with Gasteiger partial charge in [0.1, 0.15) is 5.75 Å². The number of likely N-dealkylation sites (tertiary alicyclic amines) is 1. The molecule has 0 N–H and O–H groups in total. The first kappa shape index (κ1) is 16.6. The number of ether oxygens (including phenoxy) is 1. The molecule has 2 atom stereocenters. The van der Waals surface area contributed by atoms with E-state index in [1.54, 1.807) is 7.11 Å². The van der Waals surface area contributed by atoms with Gasteiger partial charge in [0.25, 0.3) is 0 Å². The van der Waals surface area contributed by atoms with Crippen molar-refractivity contribution in [2.45, 2.75) is 18.9 Å². The maximum Gasteiger partial charge on any atom is 0.119 e. The molecule has 0 bridgehead atoms. The average Bonchev–Trinajstić information content (AvgIpc) is 3.33. The summed E-state index contributed by atoms with van der Waals surface area (Å²) in [4.78, 5) is 2.61. The summed E-state index contributed by atoms with van der Waals surface area (Å²) in [6.45, 7) is 3.33. The number of rotatable bonds is 4. The zero-order valence-corrected chi connectivity index (χ0v) is 15.9. The van der Waals surface area contributed by atoms with E-state index in [1.165, 1.54) is 23.4 Å². The Labute approximate surface area is 160 Å². The van der Waals surface area contributed by atoms with Gasteiger partial charge in [-0.2, -0.15) is 5.10 Å². The van der Waals surface area contributed by atoms with Gasteiger partial charge < -0.3 is 4.74 Å². The summed E-state index contributed by atoms with van der Waals surface area (Å²) in [5.41, 5.74) is 6.58. The van der Waals surface area contributed by atoms with Crippen LogP contribution < -0.4 is 4.74 Å². The van der Waals surface area contributed by atoms with Crippen LogP contribution >= 0.6 is 0 Å². The monoisotopic (exact) mass is 359 g/mol. The Bertz CT molecular complexity index is 963. The van der Waals surface area contributed by atoms with Crippen molar-refractivity contribution in [1.82, 2.24) is 14.7 Å². The lowest BCUT2D eigenvalue weighted by atomic mass is 9.94. The lowest BCUT2D eigenvalue weighted by molar-refractivity contribution is 0.313. The molecule has 1 aromatic heterocycles. The van der Waals surface area contributed by atoms with Crippen LogP contribution in [-0.2, 0) is 20.0 Å². The first-order valence-corrected chi connectivity index (χ1v) is 9.69. The van der Waals surface area contributed by atoms with E-state index in [0.717, 1.165) is 36.5 Å². The highest BCUT2D eigenvalue weighted by Crippen LogP contribution is 2.47. The molecule has 2 heterocycles. The van der Waals surface area contributed by atoms with E-state index in [9.17, 15) is 0 Å². The number of fused-ring (bicyclic) bond motifs is 3. The highest BCUT2D eigenvalue weighted by atomic mass is 16.5. The molecule has 27 heavy (non-hydrogen) atoms. The van der Waals surface area contributed by atoms with Crippen molar-refractivity contribution < 1.29 is 4.74 Å². The molecule has 0 amide bonds. The fourth-order valence-corrected chi connectivity index (χ4v) is 4.90. The third kappa shape index (κ3) is 2.85. The molecule has 2 aliphatic rings. The summed E-state index contributed by atoms with van der Waals surface area (Å²) in [5.74, 6) is 2.18. The van der Waals surface area contributed by atoms with Gasteiger partial charge in [0.2, 0.25) is 0 Å². The number of methoxy groups -OCH3 is 1. The van der Waals surface area contributed by atoms with Crippen molar-refractivity contribution in [2.24, 2.45) is 13.0 Å². The molecule has 3 aromatic rings. The van der Waals surface area contributed by atoms with Gasteiger partial charge in [0.05, 0.1) is 12.8 Å². The minimum Gasteiger partial charge on any atom is -0.497 e. The minimum atomic E-state index is 0.582. The van der Waals surface area contributed by atoms with Crippen LogP contribution in [0.2, 0.25) is 0 Å². The van der Waals surface area contributed by atoms with Gasteiger partial charge in [0, 0.05) is 49.4 Å². The van der Waals surface area contributed by atoms with Crippen LogP contribution in [0.4, 0.5) is 0 Å². The number of hydrogen-bond acceptors (Lipinski definition) is 3. The van der Waals surface area contributed by atoms with Crippen molar-refractivity contribution in [3.63, 3.8) is 0 Å². The molecule has 0 saturated carbocycles. The summed E-state index contributed by atoms with van der Waals surface area (Å²) in [6, 6.07) is 19.1. The second-order valence-corrected chi connectivity index (χ2v) is 7.81. The van der Waals surface area contributed by atoms with Crippen LogP contribution in [-0.4, -0.2) is 34.9 Å². The van der Waals surface area contributed by atoms with Crippen molar-refractivity contribution in [3.8, 4) is 17.0 Å². The Kier molecular flexibility index (Phi) is 4.01. The Balaban J connectivity index is 1.45. The Hall–Kier alpha value is -2.59. The van der Waals surface area contributed by atoms with Gasteiger partial charge >= 0.3 is 0 Å². The van der Waals surface area contributed by atoms with Crippen LogP contribution in [0.25, 0.3) is 11.3 Å². The zero-order valence-electron chi connectivity index (χ0n) is 15.9. The van der Waals surface area contributed by atoms with Gasteiger partial charge in [-0.25, -0.2) is 0 Å². The van der Waals surface area contributed by atoms with E-state index in [-0.39, 0.29) is 0 Å². The summed E-state index contributed by atoms with van der Waals surface area (Å²) in [7, 11) is 3.81. The summed E-state index contributed by atoms with van der Waals surface area (Å²) < 4.78 is 7.53. The highest BCUT2D eigenvalue weighted by molar-refractivity contribution is 5.68. The minimum absolute atomic E-state index is 0.582. The number of nitrogens with zero attached hydrogens (tertiary/aromatic N) is 3. The maximum absolute atomic E-state index is 5.43. The molecule has 0 spiro atoms. The van der Waals surface area contributed by atoms with Crippen molar-refractivity contribution in [2.75, 3.05) is 20.2 Å². The van der Waals surface area contributed by atoms with Crippen LogP contribution in [0.15, 0.2) is 54.6 Å². The van der Waals surface area contributed by atoms with Crippen molar-refractivity contribution >= 4 is 0 Å². The first-order valence-electron chi connectivity index (χ1n) is 9.69. The van der Waals surface area contributed by atoms with Gasteiger partial charge in [-0.15, -0.1) is 0 Å². The van der Waals surface area contributed by atoms with E-state index in [4.69, 9.17) is 9.84 Å². The van der Waals surface area contributed by atoms with E-state index < -0.39 is 0 Å². The SMILES string of the molecule is COc1cccc(-c2nn(C)c3c2[C@@H]2CN(Cc4ccccc4)C[C@@H]2C3)c1. The van der Waals surface area contributed by atoms with E-state index >= 15 is 0 Å². The lowest BCUT2D eigenvalue weighted by Gasteiger charge is -2.17. The fourth-order valence-electron chi connectivity index (χ4n) is 4.90. The maximum atomic E-state index is 5.43. The van der Waals surface area contributed by atoms with Crippen LogP contribution in [0.5, 0.6) is 5.75 Å². The summed E-state index contributed by atoms with van der Waals surface area (Å²) in [5, 5.41) is 4.89. The Morgan fingerprint density at radius 2 is 1.93 bits per heavy atom. The topological polar surface area (TPSA) is 30.3 Å². The predicted molar refractivity (Wildman–Crippen MR) is 107 cm³/mol. The molecule has 2 aromatic carbocycles. The first-order chi connectivity index (χ1) is 13.2. The molecule has 0 unspecified atom stereocenters. The molecule has 4 nitrogen and oxygen atoms in total. The summed E-state index contributed by atoms with van der Waals surface area (Å²) in [6.07, 6.45) is 1.14. The van der Waals surface area contributed by atoms with E-state index in [0.29, 0.717) is 11.8 Å². The van der Waals surface area contributed by atoms with E-state index in [1.807, 2.05) is 6.07 Å². The van der Waals surface area contributed by atoms with Gasteiger partial charge in [-0.3, -0.25) is 9.58 Å². The van der Waals surface area contributed by atoms with Crippen LogP contribution in [0.1, 0.15) is 22.7 Å². The zero-order chi connectivity index (χ0) is 18.4. The second-order valence-electron chi connectivity index (χ2n) is 7.81. The fraction of sp³-hybridized carbons (Fsp3) is 0.348. The van der Waals surface area contributed by atoms with Crippen LogP contribution in [0, 0.1) is 5.92 Å². The van der Waals surface area contributed by atoms with Crippen molar-refractivity contribution in [3.05, 3.63) is 71.4 Å². The predicted octanol–water partition coefficient (Wildman–Crippen LogP) is 3.87. The third-order valence-electron chi connectivity index (χ3n) is 6.14. The molecule has 0 radical (unpaired) electrons. The number of aromatic nitrogens is 2. The largest absolute Gasteiger partial charge is 0.497 e. The molecule has 1 aliphatic heterocycles. The molecule has 1 fully saturated rings.